The highest BCUT2D eigenvalue weighted by molar-refractivity contribution is 5.85. The van der Waals surface area contributed by atoms with Gasteiger partial charge in [-0.15, -0.1) is 24.8 Å². The summed E-state index contributed by atoms with van der Waals surface area (Å²) in [5.74, 6) is 1.47. The molecule has 1 amide bonds. The molecule has 0 saturated carbocycles. The zero-order chi connectivity index (χ0) is 19.2. The van der Waals surface area contributed by atoms with Crippen LogP contribution in [0.4, 0.5) is 0 Å². The molecule has 29 heavy (non-hydrogen) atoms. The van der Waals surface area contributed by atoms with Crippen molar-refractivity contribution >= 4 is 30.7 Å². The maximum absolute atomic E-state index is 12.9. The first kappa shape index (κ1) is 26.2. The predicted molar refractivity (Wildman–Crippen MR) is 126 cm³/mol. The van der Waals surface area contributed by atoms with Gasteiger partial charge in [0, 0.05) is 38.6 Å². The number of carbonyl (C=O) groups excluding carboxylic acids is 1. The summed E-state index contributed by atoms with van der Waals surface area (Å²) >= 11 is 0. The maximum Gasteiger partial charge on any atom is 0.222 e. The molecule has 1 aromatic rings. The van der Waals surface area contributed by atoms with Crippen LogP contribution in [-0.2, 0) is 11.3 Å². The lowest BCUT2D eigenvalue weighted by molar-refractivity contribution is -0.134. The fraction of sp³-hybridized carbons (Fsp3) is 0.696. The summed E-state index contributed by atoms with van der Waals surface area (Å²) < 4.78 is 0. The lowest BCUT2D eigenvalue weighted by Gasteiger charge is -2.41. The van der Waals surface area contributed by atoms with Crippen molar-refractivity contribution in [2.45, 2.75) is 64.6 Å². The van der Waals surface area contributed by atoms with E-state index < -0.39 is 0 Å². The number of piperidine rings is 2. The summed E-state index contributed by atoms with van der Waals surface area (Å²) in [6, 6.07) is 11.6. The van der Waals surface area contributed by atoms with Crippen molar-refractivity contribution in [1.29, 1.82) is 0 Å². The zero-order valence-electron chi connectivity index (χ0n) is 18.2. The molecule has 2 fully saturated rings. The van der Waals surface area contributed by atoms with Gasteiger partial charge in [0.1, 0.15) is 0 Å². The number of benzene rings is 1. The number of carbonyl (C=O) groups is 1. The minimum Gasteiger partial charge on any atom is -0.343 e. The minimum atomic E-state index is 0. The smallest absolute Gasteiger partial charge is 0.222 e. The van der Waals surface area contributed by atoms with E-state index in [0.29, 0.717) is 36.2 Å². The van der Waals surface area contributed by atoms with Crippen molar-refractivity contribution in [1.82, 2.24) is 15.1 Å². The van der Waals surface area contributed by atoms with Crippen LogP contribution in [0.5, 0.6) is 0 Å². The van der Waals surface area contributed by atoms with Crippen molar-refractivity contribution in [3.05, 3.63) is 35.9 Å². The zero-order valence-corrected chi connectivity index (χ0v) is 19.8. The van der Waals surface area contributed by atoms with Gasteiger partial charge in [-0.3, -0.25) is 9.69 Å². The molecule has 0 aromatic heterocycles. The van der Waals surface area contributed by atoms with Gasteiger partial charge in [-0.1, -0.05) is 37.3 Å². The topological polar surface area (TPSA) is 35.6 Å². The van der Waals surface area contributed by atoms with E-state index in [9.17, 15) is 4.79 Å². The SMILES string of the molecule is CC(CC(=O)N(C)C1CCN(Cc2ccccc2)C(C)C1)C1CCCNC1.Cl.Cl. The molecule has 2 aliphatic rings. The highest BCUT2D eigenvalue weighted by atomic mass is 35.5. The fourth-order valence-electron chi connectivity index (χ4n) is 4.75. The van der Waals surface area contributed by atoms with Crippen LogP contribution in [0.15, 0.2) is 30.3 Å². The average Bonchev–Trinajstić information content (AvgIpc) is 2.70. The number of hydrogen-bond acceptors (Lipinski definition) is 3. The molecule has 2 aliphatic heterocycles. The third-order valence-corrected chi connectivity index (χ3v) is 6.79. The molecule has 1 aromatic carbocycles. The van der Waals surface area contributed by atoms with Gasteiger partial charge in [-0.05, 0) is 63.1 Å². The third kappa shape index (κ3) is 7.43. The Labute approximate surface area is 189 Å². The molecule has 6 heteroatoms. The molecule has 0 bridgehead atoms. The van der Waals surface area contributed by atoms with Crippen molar-refractivity contribution in [3.63, 3.8) is 0 Å². The van der Waals surface area contributed by atoms with Crippen LogP contribution in [-0.4, -0.2) is 54.5 Å². The van der Waals surface area contributed by atoms with E-state index in [1.54, 1.807) is 0 Å². The fourth-order valence-corrected chi connectivity index (χ4v) is 4.75. The first-order chi connectivity index (χ1) is 13.0. The van der Waals surface area contributed by atoms with Gasteiger partial charge in [-0.25, -0.2) is 0 Å². The van der Waals surface area contributed by atoms with Crippen molar-refractivity contribution < 1.29 is 4.79 Å². The lowest BCUT2D eigenvalue weighted by atomic mass is 9.85. The number of amides is 1. The normalized spacial score (nSPS) is 26.0. The molecule has 4 unspecified atom stereocenters. The average molecular weight is 444 g/mol. The highest BCUT2D eigenvalue weighted by Crippen LogP contribution is 2.26. The number of rotatable bonds is 6. The van der Waals surface area contributed by atoms with Crippen LogP contribution in [0.3, 0.4) is 0 Å². The van der Waals surface area contributed by atoms with E-state index in [1.165, 1.54) is 18.4 Å². The summed E-state index contributed by atoms with van der Waals surface area (Å²) in [4.78, 5) is 17.5. The van der Waals surface area contributed by atoms with E-state index in [2.05, 4.69) is 59.3 Å². The van der Waals surface area contributed by atoms with Crippen LogP contribution in [0.1, 0.15) is 51.5 Å². The Hall–Kier alpha value is -0.810. The van der Waals surface area contributed by atoms with E-state index in [0.717, 1.165) is 39.0 Å². The van der Waals surface area contributed by atoms with Crippen LogP contribution in [0, 0.1) is 11.8 Å². The Morgan fingerprint density at radius 3 is 2.59 bits per heavy atom. The van der Waals surface area contributed by atoms with Gasteiger partial charge >= 0.3 is 0 Å². The van der Waals surface area contributed by atoms with Gasteiger partial charge in [0.15, 0.2) is 0 Å². The molecule has 4 nitrogen and oxygen atoms in total. The van der Waals surface area contributed by atoms with E-state index in [1.807, 2.05) is 7.05 Å². The van der Waals surface area contributed by atoms with E-state index in [-0.39, 0.29) is 24.8 Å². The molecule has 0 aliphatic carbocycles. The summed E-state index contributed by atoms with van der Waals surface area (Å²) in [6.45, 7) is 8.86. The Morgan fingerprint density at radius 2 is 1.97 bits per heavy atom. The molecular formula is C23H39Cl2N3O. The monoisotopic (exact) mass is 443 g/mol. The van der Waals surface area contributed by atoms with Crippen molar-refractivity contribution in [2.24, 2.45) is 11.8 Å². The second-order valence-electron chi connectivity index (χ2n) is 8.78. The Bertz CT molecular complexity index is 595. The van der Waals surface area contributed by atoms with Gasteiger partial charge in [0.05, 0.1) is 0 Å². The van der Waals surface area contributed by atoms with E-state index >= 15 is 0 Å². The largest absolute Gasteiger partial charge is 0.343 e. The molecular weight excluding hydrogens is 405 g/mol. The van der Waals surface area contributed by atoms with Gasteiger partial charge in [0.2, 0.25) is 5.91 Å². The highest BCUT2D eigenvalue weighted by Gasteiger charge is 2.31. The number of nitrogens with zero attached hydrogens (tertiary/aromatic N) is 2. The van der Waals surface area contributed by atoms with Crippen LogP contribution >= 0.6 is 24.8 Å². The van der Waals surface area contributed by atoms with Crippen LogP contribution in [0.25, 0.3) is 0 Å². The summed E-state index contributed by atoms with van der Waals surface area (Å²) in [7, 11) is 2.03. The predicted octanol–water partition coefficient (Wildman–Crippen LogP) is 4.37. The molecule has 2 saturated heterocycles. The first-order valence-corrected chi connectivity index (χ1v) is 10.8. The standard InChI is InChI=1S/C23H37N3O.2ClH/c1-18(21-10-7-12-24-16-21)14-23(27)25(3)22-11-13-26(19(2)15-22)17-20-8-5-4-6-9-20;;/h4-6,8-9,18-19,21-22,24H,7,10-17H2,1-3H3;2*1H. The molecule has 3 rings (SSSR count). The molecule has 2 heterocycles. The number of likely N-dealkylation sites (tertiary alicyclic amines) is 1. The number of halogens is 2. The van der Waals surface area contributed by atoms with E-state index in [4.69, 9.17) is 0 Å². The molecule has 166 valence electrons. The van der Waals surface area contributed by atoms with Crippen LogP contribution in [0.2, 0.25) is 0 Å². The lowest BCUT2D eigenvalue weighted by Crippen LogP contribution is -2.49. The second-order valence-corrected chi connectivity index (χ2v) is 8.78. The second kappa shape index (κ2) is 12.8. The number of nitrogens with one attached hydrogen (secondary N) is 1. The Morgan fingerprint density at radius 1 is 1.24 bits per heavy atom. The van der Waals surface area contributed by atoms with Crippen LogP contribution < -0.4 is 5.32 Å². The van der Waals surface area contributed by atoms with Crippen molar-refractivity contribution in [2.75, 3.05) is 26.7 Å². The molecule has 0 radical (unpaired) electrons. The number of hydrogen-bond donors (Lipinski definition) is 1. The van der Waals surface area contributed by atoms with Gasteiger partial charge in [0.25, 0.3) is 0 Å². The Kier molecular flexibility index (Phi) is 11.6. The molecule has 4 atom stereocenters. The minimum absolute atomic E-state index is 0. The summed E-state index contributed by atoms with van der Waals surface area (Å²) in [5.41, 5.74) is 1.38. The Balaban J connectivity index is 0.00000210. The summed E-state index contributed by atoms with van der Waals surface area (Å²) in [6.07, 6.45) is 5.37. The summed E-state index contributed by atoms with van der Waals surface area (Å²) in [5, 5.41) is 3.48. The van der Waals surface area contributed by atoms with Gasteiger partial charge < -0.3 is 10.2 Å². The third-order valence-electron chi connectivity index (χ3n) is 6.79. The quantitative estimate of drug-likeness (QED) is 0.708. The van der Waals surface area contributed by atoms with Crippen molar-refractivity contribution in [3.8, 4) is 0 Å². The molecule has 0 spiro atoms. The first-order valence-electron chi connectivity index (χ1n) is 10.8. The van der Waals surface area contributed by atoms with Gasteiger partial charge in [-0.2, -0.15) is 0 Å². The molecule has 1 N–H and O–H groups in total. The maximum atomic E-state index is 12.9.